The summed E-state index contributed by atoms with van der Waals surface area (Å²) >= 11 is 1.16. The van der Waals surface area contributed by atoms with Crippen LogP contribution in [0.2, 0.25) is 0 Å². The average Bonchev–Trinajstić information content (AvgIpc) is 3.17. The van der Waals surface area contributed by atoms with Gasteiger partial charge in [-0.1, -0.05) is 12.1 Å². The van der Waals surface area contributed by atoms with Gasteiger partial charge in [0.15, 0.2) is 5.13 Å². The summed E-state index contributed by atoms with van der Waals surface area (Å²) in [6, 6.07) is 14.4. The second-order valence-electron chi connectivity index (χ2n) is 5.87. The zero-order chi connectivity index (χ0) is 20.8. The third-order valence-electron chi connectivity index (χ3n) is 3.80. The highest BCUT2D eigenvalue weighted by Crippen LogP contribution is 2.30. The molecule has 0 saturated carbocycles. The minimum Gasteiger partial charge on any atom is -0.323 e. The van der Waals surface area contributed by atoms with Crippen molar-refractivity contribution < 1.29 is 14.0 Å². The monoisotopic (exact) mass is 406 g/mol. The van der Waals surface area contributed by atoms with Gasteiger partial charge in [-0.3, -0.25) is 14.5 Å². The molecule has 144 valence electrons. The molecule has 6 nitrogen and oxygen atoms in total. The Labute approximate surface area is 170 Å². The van der Waals surface area contributed by atoms with E-state index in [2.05, 4.69) is 10.3 Å². The summed E-state index contributed by atoms with van der Waals surface area (Å²) in [7, 11) is 0. The molecule has 1 heterocycles. The second-order valence-corrected chi connectivity index (χ2v) is 6.71. The van der Waals surface area contributed by atoms with Crippen LogP contribution in [0.3, 0.4) is 0 Å². The van der Waals surface area contributed by atoms with Gasteiger partial charge in [0.25, 0.3) is 0 Å². The number of carbonyl (C=O) groups is 2. The number of rotatable bonds is 5. The average molecular weight is 406 g/mol. The van der Waals surface area contributed by atoms with E-state index in [0.29, 0.717) is 22.1 Å². The molecule has 0 aliphatic heterocycles. The van der Waals surface area contributed by atoms with Crippen molar-refractivity contribution in [3.05, 3.63) is 77.1 Å². The fraction of sp³-hybridized carbons (Fsp3) is 0.0476. The lowest BCUT2D eigenvalue weighted by Crippen LogP contribution is -2.23. The van der Waals surface area contributed by atoms with Crippen LogP contribution in [0.25, 0.3) is 6.08 Å². The largest absolute Gasteiger partial charge is 0.323 e. The molecule has 2 amide bonds. The van der Waals surface area contributed by atoms with Crippen LogP contribution in [0.4, 0.5) is 20.9 Å². The van der Waals surface area contributed by atoms with Crippen molar-refractivity contribution in [1.29, 1.82) is 5.26 Å². The molecular weight excluding hydrogens is 391 g/mol. The number of thiazole rings is 1. The van der Waals surface area contributed by atoms with Crippen LogP contribution in [-0.2, 0) is 9.59 Å². The molecule has 1 N–H and O–H groups in total. The standard InChI is InChI=1S/C21H15FN4O2S/c1-14(27)26(19-5-3-2-4-18(19)22)21-25-17(13-29-21)10-11-20(28)24-16-8-6-15(12-23)7-9-16/h2-11,13H,1H3,(H,24,28)/b11-10+. The Bertz CT molecular complexity index is 1120. The van der Waals surface area contributed by atoms with Gasteiger partial charge in [0.2, 0.25) is 11.8 Å². The lowest BCUT2D eigenvalue weighted by Gasteiger charge is -2.18. The topological polar surface area (TPSA) is 86.1 Å². The van der Waals surface area contributed by atoms with Gasteiger partial charge in [-0.05, 0) is 42.5 Å². The summed E-state index contributed by atoms with van der Waals surface area (Å²) in [5.74, 6) is -1.28. The van der Waals surface area contributed by atoms with Crippen LogP contribution in [-0.4, -0.2) is 16.8 Å². The lowest BCUT2D eigenvalue weighted by atomic mass is 10.2. The maximum absolute atomic E-state index is 14.1. The van der Waals surface area contributed by atoms with Crippen molar-refractivity contribution in [2.45, 2.75) is 6.92 Å². The molecule has 1 aromatic heterocycles. The first kappa shape index (κ1) is 19.9. The second kappa shape index (κ2) is 8.91. The molecule has 0 unspecified atom stereocenters. The molecule has 0 saturated heterocycles. The van der Waals surface area contributed by atoms with Crippen molar-refractivity contribution in [2.24, 2.45) is 0 Å². The number of anilines is 3. The van der Waals surface area contributed by atoms with Gasteiger partial charge in [0.05, 0.1) is 23.0 Å². The van der Waals surface area contributed by atoms with Crippen molar-refractivity contribution >= 4 is 45.7 Å². The summed E-state index contributed by atoms with van der Waals surface area (Å²) in [5.41, 5.74) is 1.63. The predicted molar refractivity (Wildman–Crippen MR) is 110 cm³/mol. The smallest absolute Gasteiger partial charge is 0.248 e. The fourth-order valence-electron chi connectivity index (χ4n) is 2.47. The molecule has 0 atom stereocenters. The SMILES string of the molecule is CC(=O)N(c1nc(/C=C/C(=O)Nc2ccc(C#N)cc2)cs1)c1ccccc1F. The number of amides is 2. The third kappa shape index (κ3) is 4.91. The number of halogens is 1. The molecule has 0 aliphatic rings. The van der Waals surface area contributed by atoms with Crippen LogP contribution >= 0.6 is 11.3 Å². The zero-order valence-corrected chi connectivity index (χ0v) is 16.1. The number of nitrogens with zero attached hydrogens (tertiary/aromatic N) is 3. The van der Waals surface area contributed by atoms with Crippen LogP contribution < -0.4 is 10.2 Å². The zero-order valence-electron chi connectivity index (χ0n) is 15.3. The summed E-state index contributed by atoms with van der Waals surface area (Å²) in [5, 5.41) is 13.4. The van der Waals surface area contributed by atoms with Crippen LogP contribution in [0.15, 0.2) is 60.0 Å². The van der Waals surface area contributed by atoms with E-state index in [9.17, 15) is 14.0 Å². The molecule has 0 aliphatic carbocycles. The number of carbonyl (C=O) groups excluding carboxylic acids is 2. The quantitative estimate of drug-likeness (QED) is 0.633. The lowest BCUT2D eigenvalue weighted by molar-refractivity contribution is -0.116. The molecule has 0 fully saturated rings. The van der Waals surface area contributed by atoms with Gasteiger partial charge >= 0.3 is 0 Å². The highest BCUT2D eigenvalue weighted by molar-refractivity contribution is 7.14. The fourth-order valence-corrected chi connectivity index (χ4v) is 3.32. The van der Waals surface area contributed by atoms with Gasteiger partial charge in [-0.25, -0.2) is 9.37 Å². The van der Waals surface area contributed by atoms with Crippen molar-refractivity contribution in [3.63, 3.8) is 0 Å². The summed E-state index contributed by atoms with van der Waals surface area (Å²) in [6.45, 7) is 1.33. The van der Waals surface area contributed by atoms with Crippen LogP contribution in [0.1, 0.15) is 18.2 Å². The van der Waals surface area contributed by atoms with E-state index in [0.717, 1.165) is 11.3 Å². The highest BCUT2D eigenvalue weighted by atomic mass is 32.1. The molecular formula is C21H15FN4O2S. The van der Waals surface area contributed by atoms with Gasteiger partial charge in [-0.2, -0.15) is 5.26 Å². The number of aromatic nitrogens is 1. The van der Waals surface area contributed by atoms with Gasteiger partial charge in [-0.15, -0.1) is 11.3 Å². The molecule has 0 spiro atoms. The molecule has 0 radical (unpaired) electrons. The number of hydrogen-bond donors (Lipinski definition) is 1. The van der Waals surface area contributed by atoms with Crippen LogP contribution in [0, 0.1) is 17.1 Å². The van der Waals surface area contributed by atoms with Crippen LogP contribution in [0.5, 0.6) is 0 Å². The van der Waals surface area contributed by atoms with E-state index < -0.39 is 5.82 Å². The Kier molecular flexibility index (Phi) is 6.12. The number of nitriles is 1. The van der Waals surface area contributed by atoms with Gasteiger partial charge in [0.1, 0.15) is 5.82 Å². The molecule has 8 heteroatoms. The van der Waals surface area contributed by atoms with E-state index in [-0.39, 0.29) is 17.5 Å². The normalized spacial score (nSPS) is 10.5. The van der Waals surface area contributed by atoms with Gasteiger partial charge < -0.3 is 5.32 Å². The molecule has 3 rings (SSSR count). The summed E-state index contributed by atoms with van der Waals surface area (Å²) in [4.78, 5) is 29.6. The van der Waals surface area contributed by atoms with Crippen molar-refractivity contribution in [2.75, 3.05) is 10.2 Å². The Morgan fingerprint density at radius 2 is 1.93 bits per heavy atom. The minimum atomic E-state index is -0.531. The van der Waals surface area contributed by atoms with E-state index in [1.807, 2.05) is 6.07 Å². The Hall–Kier alpha value is -3.83. The summed E-state index contributed by atoms with van der Waals surface area (Å²) in [6.07, 6.45) is 2.80. The maximum atomic E-state index is 14.1. The van der Waals surface area contributed by atoms with Crippen molar-refractivity contribution in [3.8, 4) is 6.07 Å². The number of benzene rings is 2. The maximum Gasteiger partial charge on any atom is 0.248 e. The third-order valence-corrected chi connectivity index (χ3v) is 4.64. The van der Waals surface area contributed by atoms with E-state index >= 15 is 0 Å². The first-order chi connectivity index (χ1) is 14.0. The highest BCUT2D eigenvalue weighted by Gasteiger charge is 2.20. The minimum absolute atomic E-state index is 0.114. The summed E-state index contributed by atoms with van der Waals surface area (Å²) < 4.78 is 14.1. The molecule has 29 heavy (non-hydrogen) atoms. The number of nitrogens with one attached hydrogen (secondary N) is 1. The van der Waals surface area contributed by atoms with E-state index in [1.54, 1.807) is 41.8 Å². The predicted octanol–water partition coefficient (Wildman–Crippen LogP) is 4.49. The van der Waals surface area contributed by atoms with Crippen molar-refractivity contribution in [1.82, 2.24) is 4.98 Å². The Balaban J connectivity index is 1.73. The van der Waals surface area contributed by atoms with E-state index in [4.69, 9.17) is 5.26 Å². The molecule has 3 aromatic rings. The first-order valence-corrected chi connectivity index (χ1v) is 9.36. The number of hydrogen-bond acceptors (Lipinski definition) is 5. The van der Waals surface area contributed by atoms with Gasteiger partial charge in [0, 0.05) is 24.1 Å². The molecule has 0 bridgehead atoms. The molecule has 2 aromatic carbocycles. The Morgan fingerprint density at radius 3 is 2.59 bits per heavy atom. The Morgan fingerprint density at radius 1 is 1.21 bits per heavy atom. The van der Waals surface area contributed by atoms with E-state index in [1.165, 1.54) is 36.1 Å². The number of para-hydroxylation sites is 1. The first-order valence-electron chi connectivity index (χ1n) is 8.48.